The summed E-state index contributed by atoms with van der Waals surface area (Å²) in [7, 11) is -2.08. The number of nitrogens with one attached hydrogen (secondary N) is 4. The molecule has 0 spiro atoms. The molecule has 5 amide bonds. The number of Topliss-reactive ketones (excluding diaryl/α,β-unsaturated/α-hetero) is 1. The van der Waals surface area contributed by atoms with Crippen molar-refractivity contribution in [3.8, 4) is 12.3 Å². The van der Waals surface area contributed by atoms with E-state index in [0.29, 0.717) is 25.8 Å². The maximum absolute atomic E-state index is 14.8. The van der Waals surface area contributed by atoms with Crippen molar-refractivity contribution in [3.05, 3.63) is 48.0 Å². The third-order valence-corrected chi connectivity index (χ3v) is 12.0. The van der Waals surface area contributed by atoms with Crippen LogP contribution in [0.15, 0.2) is 36.9 Å². The van der Waals surface area contributed by atoms with E-state index in [2.05, 4.69) is 33.8 Å². The molecule has 52 heavy (non-hydrogen) atoms. The zero-order valence-corrected chi connectivity index (χ0v) is 31.8. The van der Waals surface area contributed by atoms with Crippen molar-refractivity contribution in [2.24, 2.45) is 23.2 Å². The lowest BCUT2D eigenvalue weighted by atomic mass is 9.86. The van der Waals surface area contributed by atoms with Crippen LogP contribution in [0.5, 0.6) is 0 Å². The number of ketones is 1. The van der Waals surface area contributed by atoms with Gasteiger partial charge in [-0.15, -0.1) is 18.9 Å². The van der Waals surface area contributed by atoms with Gasteiger partial charge in [-0.1, -0.05) is 57.5 Å². The molecule has 4 N–H and O–H groups in total. The highest BCUT2D eigenvalue weighted by Gasteiger charge is 2.52. The number of carbonyl (C=O) groups is 5. The van der Waals surface area contributed by atoms with Gasteiger partial charge in [0.15, 0.2) is 0 Å². The first kappa shape index (κ1) is 40.5. The third-order valence-electron chi connectivity index (χ3n) is 10.7. The van der Waals surface area contributed by atoms with Crippen molar-refractivity contribution in [2.45, 2.75) is 89.9 Å². The van der Waals surface area contributed by atoms with Gasteiger partial charge >= 0.3 is 6.03 Å². The number of rotatable bonds is 15. The summed E-state index contributed by atoms with van der Waals surface area (Å²) in [6.45, 7) is 9.63. The fourth-order valence-electron chi connectivity index (χ4n) is 7.69. The van der Waals surface area contributed by atoms with E-state index in [-0.39, 0.29) is 43.7 Å². The number of sulfonamides is 1. The van der Waals surface area contributed by atoms with Crippen LogP contribution < -0.4 is 21.3 Å². The summed E-state index contributed by atoms with van der Waals surface area (Å²) in [6, 6.07) is 3.53. The van der Waals surface area contributed by atoms with Crippen LogP contribution in [0.4, 0.5) is 4.79 Å². The van der Waals surface area contributed by atoms with Gasteiger partial charge in [0, 0.05) is 39.1 Å². The van der Waals surface area contributed by atoms with Crippen LogP contribution in [0.2, 0.25) is 0 Å². The highest BCUT2D eigenvalue weighted by molar-refractivity contribution is 7.88. The Morgan fingerprint density at radius 3 is 2.31 bits per heavy atom. The van der Waals surface area contributed by atoms with Gasteiger partial charge in [-0.2, -0.15) is 0 Å². The molecule has 13 nitrogen and oxygen atoms in total. The topological polar surface area (TPSA) is 174 Å². The maximum Gasteiger partial charge on any atom is 0.315 e. The Morgan fingerprint density at radius 1 is 1.08 bits per heavy atom. The molecule has 14 heteroatoms. The van der Waals surface area contributed by atoms with Crippen molar-refractivity contribution in [1.29, 1.82) is 0 Å². The van der Waals surface area contributed by atoms with E-state index in [9.17, 15) is 32.4 Å². The highest BCUT2D eigenvalue weighted by Crippen LogP contribution is 2.43. The van der Waals surface area contributed by atoms with E-state index < -0.39 is 69.1 Å². The number of hydrogen-bond acceptors (Lipinski definition) is 7. The zero-order valence-electron chi connectivity index (χ0n) is 30.9. The Kier molecular flexibility index (Phi) is 13.3. The van der Waals surface area contributed by atoms with Crippen molar-refractivity contribution >= 4 is 39.6 Å². The molecule has 1 saturated heterocycles. The van der Waals surface area contributed by atoms with E-state index in [0.717, 1.165) is 30.2 Å². The molecule has 3 aliphatic rings. The molecule has 1 aromatic carbocycles. The first-order valence-electron chi connectivity index (χ1n) is 18.0. The molecule has 1 aromatic rings. The second kappa shape index (κ2) is 17.1. The normalized spacial score (nSPS) is 21.6. The summed E-state index contributed by atoms with van der Waals surface area (Å²) >= 11 is 0. The molecular weight excluding hydrogens is 685 g/mol. The SMILES string of the molecule is C#CCCC(NC(=O)[C@@H]1[C@H]2CCC[C@H]2CN1C(=O)[C@@H](NC(=O)N[C@H](CN(C)S(C)(=O)=O)C(C)(C)C)C1Cc2ccccc2C1)C(=O)C(=O)NCC=C. The van der Waals surface area contributed by atoms with Gasteiger partial charge in [0.2, 0.25) is 27.6 Å². The van der Waals surface area contributed by atoms with Crippen molar-refractivity contribution < 1.29 is 32.4 Å². The van der Waals surface area contributed by atoms with E-state index >= 15 is 0 Å². The van der Waals surface area contributed by atoms with Crippen LogP contribution in [0.1, 0.15) is 64.0 Å². The molecule has 1 saturated carbocycles. The largest absolute Gasteiger partial charge is 0.346 e. The smallest absolute Gasteiger partial charge is 0.315 e. The minimum Gasteiger partial charge on any atom is -0.346 e. The van der Waals surface area contributed by atoms with Crippen molar-refractivity contribution in [3.63, 3.8) is 0 Å². The highest BCUT2D eigenvalue weighted by atomic mass is 32.2. The van der Waals surface area contributed by atoms with E-state index in [4.69, 9.17) is 6.42 Å². The van der Waals surface area contributed by atoms with Gasteiger partial charge in [-0.05, 0) is 66.4 Å². The fraction of sp³-hybridized carbons (Fsp3) is 0.605. The lowest BCUT2D eigenvalue weighted by Gasteiger charge is -2.36. The van der Waals surface area contributed by atoms with Gasteiger partial charge in [0.1, 0.15) is 12.1 Å². The summed E-state index contributed by atoms with van der Waals surface area (Å²) in [4.78, 5) is 70.1. The van der Waals surface area contributed by atoms with Gasteiger partial charge in [-0.25, -0.2) is 17.5 Å². The summed E-state index contributed by atoms with van der Waals surface area (Å²) < 4.78 is 25.7. The van der Waals surface area contributed by atoms with Crippen molar-refractivity contribution in [1.82, 2.24) is 30.5 Å². The number of benzene rings is 1. The molecule has 1 aliphatic heterocycles. The minimum atomic E-state index is -3.53. The summed E-state index contributed by atoms with van der Waals surface area (Å²) in [5.41, 5.74) is 1.62. The monoisotopic (exact) mass is 738 g/mol. The Morgan fingerprint density at radius 2 is 1.73 bits per heavy atom. The Bertz CT molecular complexity index is 1660. The fourth-order valence-corrected chi connectivity index (χ4v) is 8.11. The lowest BCUT2D eigenvalue weighted by molar-refractivity contribution is -0.144. The summed E-state index contributed by atoms with van der Waals surface area (Å²) in [5.74, 6) is -0.600. The second-order valence-corrected chi connectivity index (χ2v) is 17.5. The molecule has 4 rings (SSSR count). The summed E-state index contributed by atoms with van der Waals surface area (Å²) in [6.07, 6.45) is 11.7. The maximum atomic E-state index is 14.8. The molecule has 2 aliphatic carbocycles. The van der Waals surface area contributed by atoms with E-state index in [1.165, 1.54) is 17.4 Å². The molecular formula is C38H54N6O7S. The molecule has 0 bridgehead atoms. The Balaban J connectivity index is 1.62. The molecule has 1 heterocycles. The van der Waals surface area contributed by atoms with Gasteiger partial charge in [0.05, 0.1) is 12.3 Å². The first-order chi connectivity index (χ1) is 24.5. The average molecular weight is 739 g/mol. The number of urea groups is 1. The lowest BCUT2D eigenvalue weighted by Crippen LogP contribution is -2.61. The van der Waals surface area contributed by atoms with Gasteiger partial charge in [-0.3, -0.25) is 19.2 Å². The van der Waals surface area contributed by atoms with Crippen molar-refractivity contribution in [2.75, 3.05) is 32.9 Å². The van der Waals surface area contributed by atoms with Crippen LogP contribution in [0.3, 0.4) is 0 Å². The number of terminal acetylenes is 1. The van der Waals surface area contributed by atoms with Crippen LogP contribution in [-0.4, -0.2) is 104 Å². The number of likely N-dealkylation sites (N-methyl/N-ethyl adjacent to an activating group) is 1. The quantitative estimate of drug-likeness (QED) is 0.121. The number of carbonyl (C=O) groups excluding carboxylic acids is 5. The number of hydrogen-bond donors (Lipinski definition) is 4. The standard InChI is InChI=1S/C38H54N6O7S/c1-8-10-18-29(33(45)35(47)39-19-9-2)40-34(46)32-28-17-13-16-26(28)22-44(32)36(48)31(27-20-24-14-11-12-15-25(24)21-27)42-37(49)41-30(38(3,4)5)23-43(6)52(7,50)51/h1,9,11-12,14-15,26-32H,2,10,13,16-23H2,3-7H3,(H,39,47)(H,40,46)(H2,41,42,49)/t26-,28-,29?,30+,31-,32-/m0/s1. The average Bonchev–Trinajstić information content (AvgIpc) is 3.81. The predicted molar refractivity (Wildman–Crippen MR) is 198 cm³/mol. The van der Waals surface area contributed by atoms with E-state index in [1.54, 1.807) is 4.90 Å². The van der Waals surface area contributed by atoms with E-state index in [1.807, 2.05) is 45.0 Å². The van der Waals surface area contributed by atoms with Crippen LogP contribution in [0.25, 0.3) is 0 Å². The second-order valence-electron chi connectivity index (χ2n) is 15.5. The first-order valence-corrected chi connectivity index (χ1v) is 19.8. The van der Waals surface area contributed by atoms with Crippen LogP contribution in [-0.2, 0) is 42.0 Å². The van der Waals surface area contributed by atoms with Gasteiger partial charge < -0.3 is 26.2 Å². The molecule has 2 fully saturated rings. The minimum absolute atomic E-state index is 0.0200. The molecule has 6 atom stereocenters. The number of likely N-dealkylation sites (tertiary alicyclic amines) is 1. The third kappa shape index (κ3) is 9.80. The molecule has 284 valence electrons. The Hall–Kier alpha value is -4.22. The number of fused-ring (bicyclic) bond motifs is 2. The Labute approximate surface area is 308 Å². The number of nitrogens with zero attached hydrogens (tertiary/aromatic N) is 2. The zero-order chi connectivity index (χ0) is 38.4. The molecule has 0 aromatic heterocycles. The van der Waals surface area contributed by atoms with Crippen LogP contribution in [0, 0.1) is 35.5 Å². The predicted octanol–water partition coefficient (Wildman–Crippen LogP) is 1.77. The number of amides is 5. The van der Waals surface area contributed by atoms with Gasteiger partial charge in [0.25, 0.3) is 5.91 Å². The summed E-state index contributed by atoms with van der Waals surface area (Å²) in [5, 5.41) is 11.1. The molecule has 1 unspecified atom stereocenters. The molecule has 0 radical (unpaired) electrons. The van der Waals surface area contributed by atoms with Crippen LogP contribution >= 0.6 is 0 Å².